The molecule has 0 spiro atoms. The minimum atomic E-state index is -0.201. The van der Waals surface area contributed by atoms with Crippen molar-refractivity contribution in [1.82, 2.24) is 20.3 Å². The molecule has 1 fully saturated rings. The molecule has 0 amide bonds. The maximum Gasteiger partial charge on any atom is 0.262 e. The summed E-state index contributed by atoms with van der Waals surface area (Å²) in [7, 11) is 1.62. The van der Waals surface area contributed by atoms with E-state index in [-0.39, 0.29) is 11.6 Å². The van der Waals surface area contributed by atoms with Gasteiger partial charge in [0.15, 0.2) is 0 Å². The molecule has 3 aromatic heterocycles. The van der Waals surface area contributed by atoms with Gasteiger partial charge in [-0.1, -0.05) is 11.6 Å². The number of hydrogen-bond donors (Lipinski definition) is 4. The Morgan fingerprint density at radius 1 is 1.31 bits per heavy atom. The van der Waals surface area contributed by atoms with Gasteiger partial charge in [-0.2, -0.15) is 0 Å². The van der Waals surface area contributed by atoms with E-state index in [2.05, 4.69) is 25.6 Å². The number of nitrogens with zero attached hydrogens (tertiary/aromatic N) is 1. The van der Waals surface area contributed by atoms with Crippen molar-refractivity contribution in [2.75, 3.05) is 25.5 Å². The molecule has 0 aliphatic carbocycles. The largest absolute Gasteiger partial charge is 0.497 e. The molecule has 0 radical (unpaired) electrons. The zero-order valence-corrected chi connectivity index (χ0v) is 17.3. The van der Waals surface area contributed by atoms with E-state index >= 15 is 0 Å². The SMILES string of the molecule is COc1ccc2nc(-c3c(N[C@H]4CCCNC4)c4cc(Cl)sc4[nH]c3=O)[nH]c2c1. The van der Waals surface area contributed by atoms with Gasteiger partial charge >= 0.3 is 0 Å². The van der Waals surface area contributed by atoms with Crippen molar-refractivity contribution in [3.05, 3.63) is 39.0 Å². The van der Waals surface area contributed by atoms with Gasteiger partial charge in [0.05, 0.1) is 28.2 Å². The zero-order valence-electron chi connectivity index (χ0n) is 15.8. The number of thiophene rings is 1. The molecule has 0 saturated carbocycles. The Morgan fingerprint density at radius 3 is 3.00 bits per heavy atom. The first-order valence-corrected chi connectivity index (χ1v) is 10.7. The lowest BCUT2D eigenvalue weighted by Gasteiger charge is -2.26. The number of nitrogens with one attached hydrogen (secondary N) is 4. The quantitative estimate of drug-likeness (QED) is 0.394. The minimum absolute atomic E-state index is 0.201. The molecule has 1 aliphatic heterocycles. The Labute approximate surface area is 175 Å². The highest BCUT2D eigenvalue weighted by Gasteiger charge is 2.22. The summed E-state index contributed by atoms with van der Waals surface area (Å²) in [5.74, 6) is 1.25. The highest BCUT2D eigenvalue weighted by atomic mass is 35.5. The third-order valence-electron chi connectivity index (χ3n) is 5.25. The van der Waals surface area contributed by atoms with E-state index in [9.17, 15) is 4.79 Å². The standard InChI is InChI=1S/C20H20ClN5O2S/c1-28-11-4-5-13-14(7-11)25-18(24-13)16-17(23-10-3-2-6-22-9-10)12-8-15(21)29-20(12)26-19(16)27/h4-5,7-8,10,22H,2-3,6,9H2,1H3,(H,24,25)(H2,23,26,27)/t10-/m0/s1. The number of rotatable bonds is 4. The maximum atomic E-state index is 13.1. The van der Waals surface area contributed by atoms with Crippen LogP contribution in [0.3, 0.4) is 0 Å². The van der Waals surface area contributed by atoms with Crippen molar-refractivity contribution in [1.29, 1.82) is 0 Å². The van der Waals surface area contributed by atoms with Crippen LogP contribution in [0.25, 0.3) is 32.6 Å². The van der Waals surface area contributed by atoms with Crippen LogP contribution >= 0.6 is 22.9 Å². The normalized spacial score (nSPS) is 17.1. The summed E-state index contributed by atoms with van der Waals surface area (Å²) in [5, 5.41) is 7.90. The van der Waals surface area contributed by atoms with Crippen LogP contribution in [0, 0.1) is 0 Å². The molecular weight excluding hydrogens is 410 g/mol. The molecule has 0 unspecified atom stereocenters. The Morgan fingerprint density at radius 2 is 2.21 bits per heavy atom. The molecule has 9 heteroatoms. The summed E-state index contributed by atoms with van der Waals surface area (Å²) in [6.07, 6.45) is 2.13. The van der Waals surface area contributed by atoms with Crippen LogP contribution < -0.4 is 20.9 Å². The summed E-state index contributed by atoms with van der Waals surface area (Å²) < 4.78 is 5.93. The molecule has 1 saturated heterocycles. The second kappa shape index (κ2) is 7.37. The van der Waals surface area contributed by atoms with Gasteiger partial charge in [0, 0.05) is 24.0 Å². The van der Waals surface area contributed by atoms with Gasteiger partial charge in [-0.15, -0.1) is 11.3 Å². The van der Waals surface area contributed by atoms with Crippen molar-refractivity contribution >= 4 is 49.9 Å². The maximum absolute atomic E-state index is 13.1. The summed E-state index contributed by atoms with van der Waals surface area (Å²) in [6, 6.07) is 7.73. The predicted octanol–water partition coefficient (Wildman–Crippen LogP) is 3.96. The first-order chi connectivity index (χ1) is 14.1. The molecule has 4 heterocycles. The van der Waals surface area contributed by atoms with E-state index < -0.39 is 0 Å². The second-order valence-electron chi connectivity index (χ2n) is 7.15. The molecule has 150 valence electrons. The van der Waals surface area contributed by atoms with Crippen LogP contribution in [0.2, 0.25) is 4.34 Å². The Hall–Kier alpha value is -2.55. The number of H-pyrrole nitrogens is 2. The molecule has 1 aliphatic rings. The van der Waals surface area contributed by atoms with Crippen LogP contribution in [0.15, 0.2) is 29.1 Å². The number of methoxy groups -OCH3 is 1. The fourth-order valence-electron chi connectivity index (χ4n) is 3.84. The molecular formula is C20H20ClN5O2S. The predicted molar refractivity (Wildman–Crippen MR) is 119 cm³/mol. The lowest BCUT2D eigenvalue weighted by atomic mass is 10.1. The number of ether oxygens (including phenoxy) is 1. The van der Waals surface area contributed by atoms with Crippen molar-refractivity contribution in [3.63, 3.8) is 0 Å². The summed E-state index contributed by atoms with van der Waals surface area (Å²) in [5.41, 5.74) is 2.65. The number of fused-ring (bicyclic) bond motifs is 2. The van der Waals surface area contributed by atoms with Crippen LogP contribution in [0.5, 0.6) is 5.75 Å². The van der Waals surface area contributed by atoms with Gasteiger partial charge in [0.2, 0.25) is 0 Å². The summed E-state index contributed by atoms with van der Waals surface area (Å²) in [6.45, 7) is 1.87. The van der Waals surface area contributed by atoms with E-state index in [1.54, 1.807) is 7.11 Å². The smallest absolute Gasteiger partial charge is 0.262 e. The Kier molecular flexibility index (Phi) is 4.69. The van der Waals surface area contributed by atoms with Crippen molar-refractivity contribution in [3.8, 4) is 17.1 Å². The lowest BCUT2D eigenvalue weighted by molar-refractivity contribution is 0.415. The molecule has 0 bridgehead atoms. The van der Waals surface area contributed by atoms with Gasteiger partial charge in [0.25, 0.3) is 5.56 Å². The molecule has 29 heavy (non-hydrogen) atoms. The fourth-order valence-corrected chi connectivity index (χ4v) is 4.97. The van der Waals surface area contributed by atoms with Crippen LogP contribution in [0.1, 0.15) is 12.8 Å². The summed E-state index contributed by atoms with van der Waals surface area (Å²) >= 11 is 7.63. The van der Waals surface area contributed by atoms with E-state index in [0.29, 0.717) is 15.7 Å². The van der Waals surface area contributed by atoms with Crippen LogP contribution in [0.4, 0.5) is 5.69 Å². The van der Waals surface area contributed by atoms with Crippen LogP contribution in [-0.2, 0) is 0 Å². The fraction of sp³-hybridized carbons (Fsp3) is 0.300. The topological polar surface area (TPSA) is 94.8 Å². The average molecular weight is 430 g/mol. The Bertz CT molecular complexity index is 1260. The second-order valence-corrected chi connectivity index (χ2v) is 8.84. The number of pyridine rings is 1. The van der Waals surface area contributed by atoms with E-state index in [0.717, 1.165) is 58.6 Å². The van der Waals surface area contributed by atoms with Gasteiger partial charge in [-0.3, -0.25) is 4.79 Å². The summed E-state index contributed by atoms with van der Waals surface area (Å²) in [4.78, 5) is 24.7. The lowest BCUT2D eigenvalue weighted by Crippen LogP contribution is -2.38. The van der Waals surface area contributed by atoms with Gasteiger partial charge < -0.3 is 25.3 Å². The highest BCUT2D eigenvalue weighted by molar-refractivity contribution is 7.22. The van der Waals surface area contributed by atoms with Crippen molar-refractivity contribution < 1.29 is 4.74 Å². The van der Waals surface area contributed by atoms with Crippen LogP contribution in [-0.4, -0.2) is 41.2 Å². The zero-order chi connectivity index (χ0) is 20.0. The Balaban J connectivity index is 1.70. The average Bonchev–Trinajstić information content (AvgIpc) is 3.30. The number of imidazole rings is 1. The first-order valence-electron chi connectivity index (χ1n) is 9.49. The highest BCUT2D eigenvalue weighted by Crippen LogP contribution is 2.37. The van der Waals surface area contributed by atoms with Gasteiger partial charge in [-0.05, 0) is 37.6 Å². The monoisotopic (exact) mass is 429 g/mol. The minimum Gasteiger partial charge on any atom is -0.497 e. The van der Waals surface area contributed by atoms with E-state index in [4.69, 9.17) is 16.3 Å². The molecule has 4 aromatic rings. The molecule has 1 atom stereocenters. The number of aromatic nitrogens is 3. The third-order valence-corrected chi connectivity index (χ3v) is 6.43. The number of anilines is 1. The van der Waals surface area contributed by atoms with Gasteiger partial charge in [-0.25, -0.2) is 4.98 Å². The van der Waals surface area contributed by atoms with Crippen molar-refractivity contribution in [2.45, 2.75) is 18.9 Å². The number of aromatic amines is 2. The third kappa shape index (κ3) is 3.37. The van der Waals surface area contributed by atoms with E-state index in [1.807, 2.05) is 24.3 Å². The number of hydrogen-bond acceptors (Lipinski definition) is 6. The number of halogens is 1. The molecule has 1 aromatic carbocycles. The number of piperidine rings is 1. The van der Waals surface area contributed by atoms with Crippen molar-refractivity contribution in [2.24, 2.45) is 0 Å². The molecule has 5 rings (SSSR count). The van der Waals surface area contributed by atoms with E-state index in [1.165, 1.54) is 11.3 Å². The number of benzene rings is 1. The first kappa shape index (κ1) is 18.5. The van der Waals surface area contributed by atoms with Gasteiger partial charge in [0.1, 0.15) is 22.0 Å². The molecule has 4 N–H and O–H groups in total. The molecule has 7 nitrogen and oxygen atoms in total.